The molecule has 0 fully saturated rings. The first kappa shape index (κ1) is 11.9. The van der Waals surface area contributed by atoms with Crippen LogP contribution in [0.3, 0.4) is 0 Å². The zero-order chi connectivity index (χ0) is 9.56. The van der Waals surface area contributed by atoms with Gasteiger partial charge in [0.1, 0.15) is 4.84 Å². The van der Waals surface area contributed by atoms with E-state index in [1.165, 1.54) is 0 Å². The first-order valence-corrected chi connectivity index (χ1v) is 4.57. The van der Waals surface area contributed by atoms with E-state index in [2.05, 4.69) is 0 Å². The lowest BCUT2D eigenvalue weighted by Crippen LogP contribution is -2.28. The molecule has 0 rings (SSSR count). The molecule has 72 valence electrons. The molecular formula is C6H12Cl2N2O2. The summed E-state index contributed by atoms with van der Waals surface area (Å²) in [6, 6.07) is -0.655. The number of alkyl halides is 2. The molecule has 0 aliphatic heterocycles. The molecule has 0 aromatic heterocycles. The highest BCUT2D eigenvalue weighted by molar-refractivity contribution is 6.44. The standard InChI is InChI=1S/C6H12Cl2N2O2/c7-6(8)3-1-2-5(4-9)10(11)12/h5-6H,1-4,9H2. The molecule has 0 saturated heterocycles. The Morgan fingerprint density at radius 1 is 1.42 bits per heavy atom. The van der Waals surface area contributed by atoms with Crippen LogP contribution in [-0.4, -0.2) is 22.3 Å². The lowest BCUT2D eigenvalue weighted by atomic mass is 10.1. The number of nitro groups is 1. The van der Waals surface area contributed by atoms with Crippen LogP contribution in [0.25, 0.3) is 0 Å². The largest absolute Gasteiger partial charge is 0.325 e. The van der Waals surface area contributed by atoms with Crippen LogP contribution < -0.4 is 5.73 Å². The summed E-state index contributed by atoms with van der Waals surface area (Å²) in [5.74, 6) is 0. The minimum absolute atomic E-state index is 0.0717. The quantitative estimate of drug-likeness (QED) is 0.415. The molecule has 4 nitrogen and oxygen atoms in total. The smallest absolute Gasteiger partial charge is 0.225 e. The van der Waals surface area contributed by atoms with E-state index in [1.54, 1.807) is 0 Å². The average Bonchev–Trinajstić information content (AvgIpc) is 1.96. The third-order valence-corrected chi connectivity index (χ3v) is 1.97. The summed E-state index contributed by atoms with van der Waals surface area (Å²) in [6.07, 6.45) is 1.66. The Bertz CT molecular complexity index is 144. The van der Waals surface area contributed by atoms with Gasteiger partial charge in [-0.15, -0.1) is 23.2 Å². The fraction of sp³-hybridized carbons (Fsp3) is 1.00. The van der Waals surface area contributed by atoms with Gasteiger partial charge in [0.05, 0.1) is 6.54 Å². The maximum Gasteiger partial charge on any atom is 0.225 e. The van der Waals surface area contributed by atoms with Gasteiger partial charge in [-0.25, -0.2) is 0 Å². The molecule has 0 saturated carbocycles. The summed E-state index contributed by atoms with van der Waals surface area (Å²) in [6.45, 7) is 0.0717. The Kier molecular flexibility index (Phi) is 6.42. The molecular weight excluding hydrogens is 203 g/mol. The fourth-order valence-electron chi connectivity index (χ4n) is 0.817. The number of hydrogen-bond donors (Lipinski definition) is 1. The van der Waals surface area contributed by atoms with Crippen molar-refractivity contribution in [3.8, 4) is 0 Å². The van der Waals surface area contributed by atoms with Crippen LogP contribution in [0, 0.1) is 10.1 Å². The Morgan fingerprint density at radius 2 is 2.00 bits per heavy atom. The van der Waals surface area contributed by atoms with E-state index in [9.17, 15) is 10.1 Å². The number of halogens is 2. The van der Waals surface area contributed by atoms with Crippen molar-refractivity contribution in [2.24, 2.45) is 5.73 Å². The molecule has 0 aliphatic carbocycles. The van der Waals surface area contributed by atoms with Crippen molar-refractivity contribution in [3.63, 3.8) is 0 Å². The van der Waals surface area contributed by atoms with Crippen LogP contribution in [0.4, 0.5) is 0 Å². The molecule has 0 aromatic rings. The van der Waals surface area contributed by atoms with Crippen molar-refractivity contribution in [2.75, 3.05) is 6.54 Å². The first-order chi connectivity index (χ1) is 5.57. The monoisotopic (exact) mass is 214 g/mol. The highest BCUT2D eigenvalue weighted by Gasteiger charge is 2.17. The molecule has 12 heavy (non-hydrogen) atoms. The summed E-state index contributed by atoms with van der Waals surface area (Å²) in [4.78, 5) is 9.47. The number of hydrogen-bond acceptors (Lipinski definition) is 3. The van der Waals surface area contributed by atoms with Crippen molar-refractivity contribution in [1.29, 1.82) is 0 Å². The third kappa shape index (κ3) is 5.57. The summed E-state index contributed by atoms with van der Waals surface area (Å²) in [5, 5.41) is 10.3. The van der Waals surface area contributed by atoms with E-state index >= 15 is 0 Å². The number of nitrogens with two attached hydrogens (primary N) is 1. The van der Waals surface area contributed by atoms with Crippen LogP contribution in [0.5, 0.6) is 0 Å². The van der Waals surface area contributed by atoms with E-state index in [0.717, 1.165) is 0 Å². The normalized spacial score (nSPS) is 13.3. The molecule has 0 heterocycles. The molecule has 6 heteroatoms. The zero-order valence-corrected chi connectivity index (χ0v) is 8.09. The van der Waals surface area contributed by atoms with Gasteiger partial charge >= 0.3 is 0 Å². The average molecular weight is 215 g/mol. The van der Waals surface area contributed by atoms with E-state index < -0.39 is 10.9 Å². The number of nitrogens with zero attached hydrogens (tertiary/aromatic N) is 1. The van der Waals surface area contributed by atoms with E-state index in [1.807, 2.05) is 0 Å². The molecule has 0 amide bonds. The summed E-state index contributed by atoms with van der Waals surface area (Å²) in [5.41, 5.74) is 5.18. The summed E-state index contributed by atoms with van der Waals surface area (Å²) in [7, 11) is 0. The van der Waals surface area contributed by atoms with Crippen LogP contribution >= 0.6 is 23.2 Å². The third-order valence-electron chi connectivity index (χ3n) is 1.53. The molecule has 0 radical (unpaired) electrons. The highest BCUT2D eigenvalue weighted by Crippen LogP contribution is 2.12. The van der Waals surface area contributed by atoms with Gasteiger partial charge in [-0.2, -0.15) is 0 Å². The van der Waals surface area contributed by atoms with Crippen molar-refractivity contribution in [2.45, 2.75) is 30.1 Å². The Hall–Kier alpha value is -0.0600. The van der Waals surface area contributed by atoms with Crippen LogP contribution in [0.2, 0.25) is 0 Å². The van der Waals surface area contributed by atoms with Crippen molar-refractivity contribution in [1.82, 2.24) is 0 Å². The Morgan fingerprint density at radius 3 is 2.33 bits per heavy atom. The minimum Gasteiger partial charge on any atom is -0.325 e. The maximum absolute atomic E-state index is 10.3. The second-order valence-corrected chi connectivity index (χ2v) is 3.77. The van der Waals surface area contributed by atoms with Crippen LogP contribution in [0.15, 0.2) is 0 Å². The second kappa shape index (κ2) is 6.46. The van der Waals surface area contributed by atoms with Gasteiger partial charge in [-0.05, 0) is 12.8 Å². The molecule has 1 unspecified atom stereocenters. The van der Waals surface area contributed by atoms with Crippen molar-refractivity contribution < 1.29 is 4.92 Å². The number of rotatable bonds is 6. The lowest BCUT2D eigenvalue weighted by Gasteiger charge is -2.06. The maximum atomic E-state index is 10.3. The molecule has 0 aromatic carbocycles. The Balaban J connectivity index is 3.52. The van der Waals surface area contributed by atoms with Gasteiger partial charge in [0, 0.05) is 11.3 Å². The summed E-state index contributed by atoms with van der Waals surface area (Å²) >= 11 is 10.9. The molecule has 0 spiro atoms. The molecule has 1 atom stereocenters. The van der Waals surface area contributed by atoms with Gasteiger partial charge < -0.3 is 5.73 Å². The highest BCUT2D eigenvalue weighted by atomic mass is 35.5. The fourth-order valence-corrected chi connectivity index (χ4v) is 1.13. The van der Waals surface area contributed by atoms with Gasteiger partial charge in [0.2, 0.25) is 6.04 Å². The van der Waals surface area contributed by atoms with E-state index in [-0.39, 0.29) is 11.5 Å². The predicted octanol–water partition coefficient (Wildman–Crippen LogP) is 1.56. The first-order valence-electron chi connectivity index (χ1n) is 3.69. The van der Waals surface area contributed by atoms with Crippen LogP contribution in [-0.2, 0) is 0 Å². The van der Waals surface area contributed by atoms with Crippen molar-refractivity contribution >= 4 is 23.2 Å². The minimum atomic E-state index is -0.655. The topological polar surface area (TPSA) is 69.2 Å². The van der Waals surface area contributed by atoms with Crippen molar-refractivity contribution in [3.05, 3.63) is 10.1 Å². The van der Waals surface area contributed by atoms with E-state index in [4.69, 9.17) is 28.9 Å². The molecule has 0 aliphatic rings. The second-order valence-electron chi connectivity index (χ2n) is 2.50. The molecule has 0 bridgehead atoms. The summed E-state index contributed by atoms with van der Waals surface area (Å²) < 4.78 is 0. The van der Waals surface area contributed by atoms with Gasteiger partial charge in [-0.3, -0.25) is 10.1 Å². The predicted molar refractivity (Wildman–Crippen MR) is 49.2 cm³/mol. The van der Waals surface area contributed by atoms with Gasteiger partial charge in [0.25, 0.3) is 0 Å². The zero-order valence-electron chi connectivity index (χ0n) is 6.58. The Labute approximate surface area is 81.2 Å². The van der Waals surface area contributed by atoms with Gasteiger partial charge in [0.15, 0.2) is 0 Å². The van der Waals surface area contributed by atoms with E-state index in [0.29, 0.717) is 19.3 Å². The SMILES string of the molecule is NCC(CCCC(Cl)Cl)[N+](=O)[O-]. The van der Waals surface area contributed by atoms with Crippen LogP contribution in [0.1, 0.15) is 19.3 Å². The van der Waals surface area contributed by atoms with Gasteiger partial charge in [-0.1, -0.05) is 0 Å². The molecule has 2 N–H and O–H groups in total. The lowest BCUT2D eigenvalue weighted by molar-refractivity contribution is -0.520.